The van der Waals surface area contributed by atoms with E-state index in [9.17, 15) is 13.9 Å². The van der Waals surface area contributed by atoms with Crippen molar-refractivity contribution in [2.75, 3.05) is 18.1 Å². The summed E-state index contributed by atoms with van der Waals surface area (Å²) in [5.41, 5.74) is 2.06. The highest BCUT2D eigenvalue weighted by Gasteiger charge is 2.45. The van der Waals surface area contributed by atoms with E-state index < -0.39 is 12.0 Å². The van der Waals surface area contributed by atoms with Crippen LogP contribution >= 0.6 is 0 Å². The van der Waals surface area contributed by atoms with Gasteiger partial charge in [0, 0.05) is 12.1 Å². The van der Waals surface area contributed by atoms with Gasteiger partial charge in [0.05, 0.1) is 19.2 Å². The van der Waals surface area contributed by atoms with Crippen LogP contribution in [0.15, 0.2) is 24.3 Å². The summed E-state index contributed by atoms with van der Waals surface area (Å²) in [6.45, 7) is -0.490. The van der Waals surface area contributed by atoms with Crippen molar-refractivity contribution in [1.82, 2.24) is 0 Å². The molecule has 19 heavy (non-hydrogen) atoms. The molecule has 1 N–H and O–H groups in total. The Morgan fingerprint density at radius 3 is 2.63 bits per heavy atom. The molecule has 1 heterocycles. The second-order valence-electron chi connectivity index (χ2n) is 5.71. The topological polar surface area (TPSA) is 23.5 Å². The molecule has 1 aromatic carbocycles. The van der Waals surface area contributed by atoms with Gasteiger partial charge in [0.25, 0.3) is 5.92 Å². The zero-order valence-corrected chi connectivity index (χ0v) is 10.9. The van der Waals surface area contributed by atoms with Crippen LogP contribution in [-0.2, 0) is 0 Å². The van der Waals surface area contributed by atoms with E-state index in [0.717, 1.165) is 18.5 Å². The first-order valence-corrected chi connectivity index (χ1v) is 6.95. The lowest BCUT2D eigenvalue weighted by Gasteiger charge is -2.33. The molecule has 0 amide bonds. The Morgan fingerprint density at radius 1 is 1.26 bits per heavy atom. The van der Waals surface area contributed by atoms with Gasteiger partial charge in [-0.3, -0.25) is 0 Å². The van der Waals surface area contributed by atoms with E-state index in [2.05, 4.69) is 0 Å². The summed E-state index contributed by atoms with van der Waals surface area (Å²) >= 11 is 0. The molecule has 0 radical (unpaired) electrons. The minimum absolute atomic E-state index is 0.214. The molecule has 0 unspecified atom stereocenters. The highest BCUT2D eigenvalue weighted by molar-refractivity contribution is 5.57. The van der Waals surface area contributed by atoms with Crippen molar-refractivity contribution < 1.29 is 13.9 Å². The molecule has 1 saturated heterocycles. The van der Waals surface area contributed by atoms with Crippen molar-refractivity contribution in [1.29, 1.82) is 0 Å². The molecule has 4 heteroatoms. The number of para-hydroxylation sites is 1. The summed E-state index contributed by atoms with van der Waals surface area (Å²) < 4.78 is 27.2. The normalized spacial score (nSPS) is 26.5. The first-order valence-electron chi connectivity index (χ1n) is 6.95. The molecule has 0 spiro atoms. The minimum atomic E-state index is -2.69. The van der Waals surface area contributed by atoms with Gasteiger partial charge in [-0.15, -0.1) is 0 Å². The molecule has 1 atom stereocenters. The maximum Gasteiger partial charge on any atom is 0.267 e. The smallest absolute Gasteiger partial charge is 0.267 e. The summed E-state index contributed by atoms with van der Waals surface area (Å²) in [5.74, 6) is -2.19. The van der Waals surface area contributed by atoms with Crippen LogP contribution in [0.2, 0.25) is 0 Å². The average molecular weight is 267 g/mol. The Balaban J connectivity index is 1.92. The second-order valence-corrected chi connectivity index (χ2v) is 5.71. The largest absolute Gasteiger partial charge is 0.394 e. The molecule has 1 aromatic rings. The van der Waals surface area contributed by atoms with Gasteiger partial charge in [-0.1, -0.05) is 24.6 Å². The van der Waals surface area contributed by atoms with Crippen LogP contribution in [0.25, 0.3) is 0 Å². The summed E-state index contributed by atoms with van der Waals surface area (Å²) in [6.07, 6.45) is 3.26. The van der Waals surface area contributed by atoms with E-state index in [4.69, 9.17) is 0 Å². The predicted octanol–water partition coefficient (Wildman–Crippen LogP) is 3.16. The molecule has 1 saturated carbocycles. The summed E-state index contributed by atoms with van der Waals surface area (Å²) in [4.78, 5) is 1.70. The molecule has 1 aliphatic heterocycles. The van der Waals surface area contributed by atoms with Crippen molar-refractivity contribution in [3.63, 3.8) is 0 Å². The lowest BCUT2D eigenvalue weighted by atomic mass is 9.79. The summed E-state index contributed by atoms with van der Waals surface area (Å²) in [6, 6.07) is 7.36. The third kappa shape index (κ3) is 2.34. The van der Waals surface area contributed by atoms with Crippen molar-refractivity contribution in [2.24, 2.45) is 0 Å². The standard InChI is InChI=1S/C15H19F2NO/c16-15(17)8-12(9-19)18(10-15)14-7-2-1-6-13(14)11-4-3-5-11/h1-2,6-7,11-12,19H,3-5,8-10H2/t12-/m1/s1. The van der Waals surface area contributed by atoms with Crippen molar-refractivity contribution in [3.05, 3.63) is 29.8 Å². The number of alkyl halides is 2. The van der Waals surface area contributed by atoms with Crippen molar-refractivity contribution in [3.8, 4) is 0 Å². The number of benzene rings is 1. The van der Waals surface area contributed by atoms with E-state index in [1.807, 2.05) is 24.3 Å². The monoisotopic (exact) mass is 267 g/mol. The van der Waals surface area contributed by atoms with Gasteiger partial charge in [0.1, 0.15) is 0 Å². The van der Waals surface area contributed by atoms with Gasteiger partial charge in [-0.25, -0.2) is 8.78 Å². The Kier molecular flexibility index (Phi) is 3.21. The van der Waals surface area contributed by atoms with Crippen LogP contribution in [-0.4, -0.2) is 30.2 Å². The Bertz CT molecular complexity index is 459. The molecule has 2 aliphatic rings. The number of hydrogen-bond acceptors (Lipinski definition) is 2. The molecule has 2 fully saturated rings. The van der Waals surface area contributed by atoms with E-state index >= 15 is 0 Å². The fourth-order valence-corrected chi connectivity index (χ4v) is 3.16. The van der Waals surface area contributed by atoms with Crippen molar-refractivity contribution in [2.45, 2.75) is 43.6 Å². The van der Waals surface area contributed by atoms with Crippen LogP contribution in [0.1, 0.15) is 37.2 Å². The summed E-state index contributed by atoms with van der Waals surface area (Å²) in [5, 5.41) is 9.36. The first-order chi connectivity index (χ1) is 9.11. The zero-order valence-electron chi connectivity index (χ0n) is 10.9. The van der Waals surface area contributed by atoms with Crippen molar-refractivity contribution >= 4 is 5.69 Å². The first kappa shape index (κ1) is 12.9. The van der Waals surface area contributed by atoms with Crippen LogP contribution in [0, 0.1) is 0 Å². The number of aliphatic hydroxyl groups is 1. The maximum atomic E-state index is 13.6. The second kappa shape index (κ2) is 4.75. The average Bonchev–Trinajstić information content (AvgIpc) is 2.63. The van der Waals surface area contributed by atoms with Crippen LogP contribution in [0.4, 0.5) is 14.5 Å². The van der Waals surface area contributed by atoms with Gasteiger partial charge in [0.15, 0.2) is 0 Å². The molecular weight excluding hydrogens is 248 g/mol. The van der Waals surface area contributed by atoms with Crippen LogP contribution in [0.3, 0.4) is 0 Å². The van der Waals surface area contributed by atoms with Gasteiger partial charge in [-0.2, -0.15) is 0 Å². The van der Waals surface area contributed by atoms with Gasteiger partial charge < -0.3 is 10.0 Å². The zero-order chi connectivity index (χ0) is 13.5. The third-order valence-electron chi connectivity index (χ3n) is 4.38. The lowest BCUT2D eigenvalue weighted by Crippen LogP contribution is -2.34. The molecular formula is C15H19F2NO. The Morgan fingerprint density at radius 2 is 2.00 bits per heavy atom. The molecule has 0 bridgehead atoms. The van der Waals surface area contributed by atoms with E-state index in [1.54, 1.807) is 4.90 Å². The van der Waals surface area contributed by atoms with E-state index in [-0.39, 0.29) is 19.6 Å². The number of hydrogen-bond donors (Lipinski definition) is 1. The number of aliphatic hydroxyl groups excluding tert-OH is 1. The summed E-state index contributed by atoms with van der Waals surface area (Å²) in [7, 11) is 0. The molecule has 104 valence electrons. The molecule has 0 aromatic heterocycles. The molecule has 2 nitrogen and oxygen atoms in total. The quantitative estimate of drug-likeness (QED) is 0.909. The Hall–Kier alpha value is -1.16. The van der Waals surface area contributed by atoms with Crippen LogP contribution < -0.4 is 4.90 Å². The SMILES string of the molecule is OC[C@H]1CC(F)(F)CN1c1ccccc1C1CCC1. The van der Waals surface area contributed by atoms with Gasteiger partial charge >= 0.3 is 0 Å². The van der Waals surface area contributed by atoms with E-state index in [1.165, 1.54) is 12.0 Å². The lowest BCUT2D eigenvalue weighted by molar-refractivity contribution is 0.0201. The van der Waals surface area contributed by atoms with Gasteiger partial charge in [-0.05, 0) is 30.4 Å². The highest BCUT2D eigenvalue weighted by Crippen LogP contribution is 2.44. The third-order valence-corrected chi connectivity index (χ3v) is 4.38. The van der Waals surface area contributed by atoms with Crippen LogP contribution in [0.5, 0.6) is 0 Å². The fraction of sp³-hybridized carbons (Fsp3) is 0.600. The number of anilines is 1. The van der Waals surface area contributed by atoms with E-state index in [0.29, 0.717) is 5.92 Å². The highest BCUT2D eigenvalue weighted by atomic mass is 19.3. The minimum Gasteiger partial charge on any atom is -0.394 e. The number of rotatable bonds is 3. The molecule has 1 aliphatic carbocycles. The molecule has 3 rings (SSSR count). The fourth-order valence-electron chi connectivity index (χ4n) is 3.16. The van der Waals surface area contributed by atoms with Gasteiger partial charge in [0.2, 0.25) is 0 Å². The Labute approximate surface area is 112 Å². The number of halogens is 2. The predicted molar refractivity (Wildman–Crippen MR) is 70.8 cm³/mol. The maximum absolute atomic E-state index is 13.6. The number of nitrogens with zero attached hydrogens (tertiary/aromatic N) is 1.